The lowest BCUT2D eigenvalue weighted by Crippen LogP contribution is -2.53. The van der Waals surface area contributed by atoms with Crippen molar-refractivity contribution in [2.75, 3.05) is 13.1 Å². The largest absolute Gasteiger partial charge is 0.465 e. The minimum absolute atomic E-state index is 0.0784. The van der Waals surface area contributed by atoms with Gasteiger partial charge in [-0.1, -0.05) is 0 Å². The van der Waals surface area contributed by atoms with Crippen LogP contribution in [0.25, 0.3) is 0 Å². The molecular weight excluding hydrogens is 243 g/mol. The number of carboxylic acid groups (broad SMARTS) is 1. The van der Waals surface area contributed by atoms with E-state index >= 15 is 0 Å². The molecule has 104 valence electrons. The van der Waals surface area contributed by atoms with Gasteiger partial charge in [0.05, 0.1) is 12.6 Å². The zero-order valence-corrected chi connectivity index (χ0v) is 10.8. The van der Waals surface area contributed by atoms with Crippen molar-refractivity contribution in [1.82, 2.24) is 10.2 Å². The summed E-state index contributed by atoms with van der Waals surface area (Å²) in [6.45, 7) is 5.08. The third-order valence-electron chi connectivity index (χ3n) is 2.39. The first-order chi connectivity index (χ1) is 8.17. The number of halogens is 1. The van der Waals surface area contributed by atoms with Crippen molar-refractivity contribution in [3.63, 3.8) is 0 Å². The van der Waals surface area contributed by atoms with Crippen molar-refractivity contribution in [2.45, 2.75) is 45.0 Å². The van der Waals surface area contributed by atoms with Gasteiger partial charge in [0, 0.05) is 13.0 Å². The first kappa shape index (κ1) is 14.5. The number of hydrogen-bond acceptors (Lipinski definition) is 3. The zero-order chi connectivity index (χ0) is 13.9. The zero-order valence-electron chi connectivity index (χ0n) is 10.8. The monoisotopic (exact) mass is 262 g/mol. The van der Waals surface area contributed by atoms with Crippen LogP contribution in [0.3, 0.4) is 0 Å². The van der Waals surface area contributed by atoms with Gasteiger partial charge in [-0.2, -0.15) is 0 Å². The molecule has 1 rings (SSSR count). The van der Waals surface area contributed by atoms with E-state index in [0.717, 1.165) is 4.90 Å². The molecule has 0 aromatic rings. The molecule has 1 aliphatic heterocycles. The maximum atomic E-state index is 13.3. The van der Waals surface area contributed by atoms with Crippen LogP contribution in [0.5, 0.6) is 0 Å². The van der Waals surface area contributed by atoms with Gasteiger partial charge in [-0.25, -0.2) is 14.0 Å². The summed E-state index contributed by atoms with van der Waals surface area (Å²) in [5, 5.41) is 11.3. The topological polar surface area (TPSA) is 78.9 Å². The Morgan fingerprint density at radius 2 is 2.00 bits per heavy atom. The summed E-state index contributed by atoms with van der Waals surface area (Å²) in [4.78, 5) is 23.2. The quantitative estimate of drug-likeness (QED) is 0.752. The summed E-state index contributed by atoms with van der Waals surface area (Å²) in [6, 6.07) is -0.556. The Hall–Kier alpha value is -1.53. The van der Waals surface area contributed by atoms with Gasteiger partial charge in [0.1, 0.15) is 11.8 Å². The van der Waals surface area contributed by atoms with Gasteiger partial charge in [0.2, 0.25) is 0 Å². The van der Waals surface area contributed by atoms with Crippen molar-refractivity contribution in [3.05, 3.63) is 0 Å². The molecule has 1 fully saturated rings. The fraction of sp³-hybridized carbons (Fsp3) is 0.818. The molecule has 2 unspecified atom stereocenters. The van der Waals surface area contributed by atoms with Crippen LogP contribution in [-0.2, 0) is 4.74 Å². The molecule has 0 radical (unpaired) electrons. The number of alkyl halides is 1. The number of ether oxygens (including phenoxy) is 1. The Bertz CT molecular complexity index is 329. The Morgan fingerprint density at radius 1 is 1.39 bits per heavy atom. The highest BCUT2D eigenvalue weighted by Crippen LogP contribution is 2.15. The number of amides is 2. The number of carbonyl (C=O) groups excluding carboxylic acids is 1. The Morgan fingerprint density at radius 3 is 2.50 bits per heavy atom. The van der Waals surface area contributed by atoms with Crippen molar-refractivity contribution >= 4 is 12.2 Å². The Kier molecular flexibility index (Phi) is 4.37. The number of carbonyl (C=O) groups is 2. The molecule has 7 heteroatoms. The van der Waals surface area contributed by atoms with Gasteiger partial charge < -0.3 is 20.1 Å². The van der Waals surface area contributed by atoms with Gasteiger partial charge in [-0.3, -0.25) is 0 Å². The molecule has 6 nitrogen and oxygen atoms in total. The van der Waals surface area contributed by atoms with Crippen LogP contribution in [0.2, 0.25) is 0 Å². The Balaban J connectivity index is 2.51. The van der Waals surface area contributed by atoms with E-state index in [1.165, 1.54) is 0 Å². The van der Waals surface area contributed by atoms with E-state index in [9.17, 15) is 14.0 Å². The fourth-order valence-electron chi connectivity index (χ4n) is 1.77. The minimum Gasteiger partial charge on any atom is -0.465 e. The van der Waals surface area contributed by atoms with Crippen molar-refractivity contribution in [1.29, 1.82) is 0 Å². The number of hydrogen-bond donors (Lipinski definition) is 2. The second-order valence-electron chi connectivity index (χ2n) is 5.36. The summed E-state index contributed by atoms with van der Waals surface area (Å²) < 4.78 is 18.4. The van der Waals surface area contributed by atoms with Crippen LogP contribution in [0.15, 0.2) is 0 Å². The number of nitrogens with zero attached hydrogens (tertiary/aromatic N) is 1. The highest BCUT2D eigenvalue weighted by Gasteiger charge is 2.31. The summed E-state index contributed by atoms with van der Waals surface area (Å²) in [7, 11) is 0. The number of rotatable bonds is 1. The molecule has 1 heterocycles. The normalized spacial score (nSPS) is 24.6. The van der Waals surface area contributed by atoms with Gasteiger partial charge in [0.25, 0.3) is 0 Å². The highest BCUT2D eigenvalue weighted by atomic mass is 19.1. The maximum absolute atomic E-state index is 13.3. The molecule has 1 saturated heterocycles. The van der Waals surface area contributed by atoms with Crippen molar-refractivity contribution in [2.24, 2.45) is 0 Å². The van der Waals surface area contributed by atoms with E-state index in [-0.39, 0.29) is 19.5 Å². The van der Waals surface area contributed by atoms with Crippen LogP contribution in [0.1, 0.15) is 27.2 Å². The van der Waals surface area contributed by atoms with Crippen molar-refractivity contribution < 1.29 is 23.8 Å². The average molecular weight is 262 g/mol. The van der Waals surface area contributed by atoms with Gasteiger partial charge in [-0.05, 0) is 20.8 Å². The van der Waals surface area contributed by atoms with Gasteiger partial charge in [0.15, 0.2) is 0 Å². The maximum Gasteiger partial charge on any atom is 0.407 e. The van der Waals surface area contributed by atoms with Crippen LogP contribution in [0.4, 0.5) is 14.0 Å². The molecule has 0 aromatic heterocycles. The molecular formula is C11H19FN2O4. The fourth-order valence-corrected chi connectivity index (χ4v) is 1.77. The van der Waals surface area contributed by atoms with E-state index in [0.29, 0.717) is 0 Å². The second-order valence-corrected chi connectivity index (χ2v) is 5.36. The van der Waals surface area contributed by atoms with E-state index in [4.69, 9.17) is 9.84 Å². The van der Waals surface area contributed by atoms with E-state index in [2.05, 4.69) is 5.32 Å². The molecule has 0 saturated carbocycles. The summed E-state index contributed by atoms with van der Waals surface area (Å²) in [6.07, 6.45) is -3.02. The summed E-state index contributed by atoms with van der Waals surface area (Å²) in [5.41, 5.74) is -0.639. The van der Waals surface area contributed by atoms with Crippen LogP contribution in [-0.4, -0.2) is 53.1 Å². The van der Waals surface area contributed by atoms with Crippen LogP contribution < -0.4 is 5.32 Å². The predicted octanol–water partition coefficient (Wildman–Crippen LogP) is 1.60. The standard InChI is InChI=1S/C11H19FN2O4/c1-11(2,3)18-9(15)13-8-4-7(12)5-14(6-8)10(16)17/h7-8H,4-6H2,1-3H3,(H,13,15)(H,16,17). The van der Waals surface area contributed by atoms with Gasteiger partial charge in [-0.15, -0.1) is 0 Å². The lowest BCUT2D eigenvalue weighted by Gasteiger charge is -2.33. The smallest absolute Gasteiger partial charge is 0.407 e. The average Bonchev–Trinajstić information content (AvgIpc) is 2.12. The predicted molar refractivity (Wildman–Crippen MR) is 62.3 cm³/mol. The first-order valence-electron chi connectivity index (χ1n) is 5.79. The first-order valence-corrected chi connectivity index (χ1v) is 5.79. The van der Waals surface area contributed by atoms with Crippen LogP contribution >= 0.6 is 0 Å². The number of alkyl carbamates (subject to hydrolysis) is 1. The second kappa shape index (κ2) is 5.41. The van der Waals surface area contributed by atoms with Crippen molar-refractivity contribution in [3.8, 4) is 0 Å². The summed E-state index contributed by atoms with van der Waals surface area (Å²) in [5.74, 6) is 0. The molecule has 2 N–H and O–H groups in total. The number of nitrogens with one attached hydrogen (secondary N) is 1. The molecule has 0 aromatic carbocycles. The molecule has 1 aliphatic rings. The lowest BCUT2D eigenvalue weighted by molar-refractivity contribution is 0.0428. The lowest BCUT2D eigenvalue weighted by atomic mass is 10.0. The third kappa shape index (κ3) is 4.77. The SMILES string of the molecule is CC(C)(C)OC(=O)NC1CC(F)CN(C(=O)O)C1. The highest BCUT2D eigenvalue weighted by molar-refractivity contribution is 5.69. The Labute approximate surface area is 105 Å². The van der Waals surface area contributed by atoms with Gasteiger partial charge >= 0.3 is 12.2 Å². The van der Waals surface area contributed by atoms with E-state index in [1.807, 2.05) is 0 Å². The summed E-state index contributed by atoms with van der Waals surface area (Å²) >= 11 is 0. The molecule has 0 bridgehead atoms. The minimum atomic E-state index is -1.27. The molecule has 2 amide bonds. The molecule has 18 heavy (non-hydrogen) atoms. The number of piperidine rings is 1. The molecule has 0 spiro atoms. The van der Waals surface area contributed by atoms with E-state index in [1.54, 1.807) is 20.8 Å². The molecule has 0 aliphatic carbocycles. The number of likely N-dealkylation sites (tertiary alicyclic amines) is 1. The van der Waals surface area contributed by atoms with E-state index < -0.39 is 30.0 Å². The molecule has 2 atom stereocenters. The third-order valence-corrected chi connectivity index (χ3v) is 2.39. The van der Waals surface area contributed by atoms with Crippen LogP contribution in [0, 0.1) is 0 Å².